The number of urea groups is 1. The van der Waals surface area contributed by atoms with Crippen LogP contribution in [0.2, 0.25) is 0 Å². The lowest BCUT2D eigenvalue weighted by Gasteiger charge is -2.57. The first kappa shape index (κ1) is 32.1. The Morgan fingerprint density at radius 3 is 2.25 bits per heavy atom. The summed E-state index contributed by atoms with van der Waals surface area (Å²) in [5.74, 6) is 0.450. The zero-order chi connectivity index (χ0) is 33.6. The summed E-state index contributed by atoms with van der Waals surface area (Å²) in [6, 6.07) is 15.4. The number of imide groups is 2. The van der Waals surface area contributed by atoms with E-state index in [1.165, 1.54) is 74.4 Å². The molecule has 0 radical (unpaired) electrons. The summed E-state index contributed by atoms with van der Waals surface area (Å²) in [6.45, 7) is 1.68. The Hall–Kier alpha value is -4.51. The van der Waals surface area contributed by atoms with E-state index >= 15 is 0 Å². The summed E-state index contributed by atoms with van der Waals surface area (Å²) in [7, 11) is 0. The van der Waals surface area contributed by atoms with Crippen LogP contribution >= 0.6 is 15.9 Å². The lowest BCUT2D eigenvalue weighted by atomic mass is 9.48. The molecule has 5 fully saturated rings. The molecule has 0 spiro atoms. The number of nitrogens with zero attached hydrogens (tertiary/aromatic N) is 1. The topological polar surface area (TPSA) is 114 Å². The van der Waals surface area contributed by atoms with E-state index in [9.17, 15) is 23.6 Å². The smallest absolute Gasteiger partial charge is 0.335 e. The van der Waals surface area contributed by atoms with Gasteiger partial charge in [-0.3, -0.25) is 19.7 Å². The zero-order valence-corrected chi connectivity index (χ0v) is 28.0. The second-order valence-electron chi connectivity index (χ2n) is 13.3. The van der Waals surface area contributed by atoms with E-state index in [4.69, 9.17) is 9.47 Å². The fraction of sp³-hybridized carbons (Fsp3) is 0.351. The third-order valence-electron chi connectivity index (χ3n) is 10.00. The fourth-order valence-electron chi connectivity index (χ4n) is 8.43. The molecule has 2 N–H and O–H groups in total. The molecule has 1 aliphatic heterocycles. The maximum absolute atomic E-state index is 13.7. The van der Waals surface area contributed by atoms with E-state index in [1.54, 1.807) is 31.2 Å². The summed E-state index contributed by atoms with van der Waals surface area (Å²) >= 11 is 3.45. The molecule has 3 aromatic carbocycles. The van der Waals surface area contributed by atoms with E-state index in [0.29, 0.717) is 21.4 Å². The molecule has 5 amide bonds. The number of carbonyl (C=O) groups excluding carboxylic acids is 4. The van der Waals surface area contributed by atoms with Crippen molar-refractivity contribution in [3.05, 3.63) is 87.7 Å². The molecule has 11 heteroatoms. The average molecular weight is 717 g/mol. The number of carbonyl (C=O) groups is 4. The van der Waals surface area contributed by atoms with Crippen molar-refractivity contribution in [3.63, 3.8) is 0 Å². The number of nitrogens with one attached hydrogen (secondary N) is 2. The molecule has 1 saturated heterocycles. The third kappa shape index (κ3) is 6.23. The van der Waals surface area contributed by atoms with Crippen LogP contribution in [0.3, 0.4) is 0 Å². The number of hydrogen-bond donors (Lipinski definition) is 2. The Morgan fingerprint density at radius 1 is 0.979 bits per heavy atom. The maximum atomic E-state index is 13.7. The van der Waals surface area contributed by atoms with Gasteiger partial charge < -0.3 is 14.8 Å². The van der Waals surface area contributed by atoms with Gasteiger partial charge in [0, 0.05) is 5.69 Å². The monoisotopic (exact) mass is 715 g/mol. The third-order valence-corrected chi connectivity index (χ3v) is 10.6. The minimum Gasteiger partial charge on any atom is -0.490 e. The first-order valence-corrected chi connectivity index (χ1v) is 17.1. The number of benzene rings is 3. The maximum Gasteiger partial charge on any atom is 0.335 e. The predicted molar refractivity (Wildman–Crippen MR) is 181 cm³/mol. The van der Waals surface area contributed by atoms with Crippen molar-refractivity contribution in [2.75, 3.05) is 23.4 Å². The Labute approximate surface area is 286 Å². The average Bonchev–Trinajstić information content (AvgIpc) is 3.03. The Morgan fingerprint density at radius 2 is 1.62 bits per heavy atom. The standard InChI is InChI=1S/C37H35BrFN3O6/c1-2-47-31-16-21(15-30(38)33(31)48-20-32(43)40-27-7-5-26(39)6-8-27)14-29-34(44)41-36(46)42(35(29)45)28-9-3-25(4-10-28)37-17-22-11-23(18-37)13-24(12-22)19-37/h3-10,14-16,22-24H,2,11-13,17-20H2,1H3,(H,40,43)(H,41,44,46)/b29-14+. The minimum absolute atomic E-state index is 0.177. The van der Waals surface area contributed by atoms with Gasteiger partial charge in [0.15, 0.2) is 18.1 Å². The molecule has 9 nitrogen and oxygen atoms in total. The predicted octanol–water partition coefficient (Wildman–Crippen LogP) is 7.14. The van der Waals surface area contributed by atoms with Gasteiger partial charge in [0.05, 0.1) is 16.8 Å². The largest absolute Gasteiger partial charge is 0.490 e. The van der Waals surface area contributed by atoms with Crippen LogP contribution in [0.15, 0.2) is 70.7 Å². The molecule has 8 rings (SSSR count). The van der Waals surface area contributed by atoms with Gasteiger partial charge in [-0.1, -0.05) is 12.1 Å². The van der Waals surface area contributed by atoms with Crippen molar-refractivity contribution in [3.8, 4) is 11.5 Å². The normalized spacial score (nSPS) is 25.3. The van der Waals surface area contributed by atoms with E-state index in [1.807, 2.05) is 12.1 Å². The van der Waals surface area contributed by atoms with Gasteiger partial charge in [-0.25, -0.2) is 14.1 Å². The zero-order valence-electron chi connectivity index (χ0n) is 26.4. The van der Waals surface area contributed by atoms with Gasteiger partial charge in [-0.2, -0.15) is 0 Å². The number of barbiturate groups is 1. The van der Waals surface area contributed by atoms with Crippen LogP contribution in [-0.2, 0) is 19.8 Å². The van der Waals surface area contributed by atoms with E-state index in [0.717, 1.165) is 22.7 Å². The van der Waals surface area contributed by atoms with Crippen LogP contribution in [0.4, 0.5) is 20.6 Å². The molecule has 48 heavy (non-hydrogen) atoms. The summed E-state index contributed by atoms with van der Waals surface area (Å²) < 4.78 is 25.1. The van der Waals surface area contributed by atoms with Crippen LogP contribution in [0.1, 0.15) is 56.6 Å². The van der Waals surface area contributed by atoms with Gasteiger partial charge in [-0.05, 0) is 150 Å². The highest BCUT2D eigenvalue weighted by atomic mass is 79.9. The molecular weight excluding hydrogens is 681 g/mol. The highest BCUT2D eigenvalue weighted by Crippen LogP contribution is 2.60. The summed E-state index contributed by atoms with van der Waals surface area (Å²) in [5, 5.41) is 4.93. The fourth-order valence-corrected chi connectivity index (χ4v) is 9.00. The Kier molecular flexibility index (Phi) is 8.57. The molecule has 3 aromatic rings. The minimum atomic E-state index is -0.807. The van der Waals surface area contributed by atoms with Gasteiger partial charge in [0.2, 0.25) is 0 Å². The van der Waals surface area contributed by atoms with E-state index in [2.05, 4.69) is 26.6 Å². The summed E-state index contributed by atoms with van der Waals surface area (Å²) in [6.07, 6.45) is 9.03. The molecule has 5 aliphatic rings. The number of halogens is 2. The van der Waals surface area contributed by atoms with Crippen molar-refractivity contribution >= 4 is 57.1 Å². The quantitative estimate of drug-likeness (QED) is 0.180. The van der Waals surface area contributed by atoms with Crippen LogP contribution in [0, 0.1) is 23.6 Å². The number of ether oxygens (including phenoxy) is 2. The lowest BCUT2D eigenvalue weighted by molar-refractivity contribution is -0.122. The number of amides is 5. The van der Waals surface area contributed by atoms with Crippen molar-refractivity contribution in [2.45, 2.75) is 50.9 Å². The van der Waals surface area contributed by atoms with Gasteiger partial charge in [-0.15, -0.1) is 0 Å². The van der Waals surface area contributed by atoms with Crippen LogP contribution in [-0.4, -0.2) is 37.0 Å². The molecule has 0 aromatic heterocycles. The van der Waals surface area contributed by atoms with Crippen LogP contribution < -0.4 is 25.0 Å². The Balaban J connectivity index is 1.09. The molecule has 4 saturated carbocycles. The van der Waals surface area contributed by atoms with Gasteiger partial charge >= 0.3 is 6.03 Å². The van der Waals surface area contributed by atoms with E-state index < -0.39 is 29.6 Å². The van der Waals surface area contributed by atoms with Crippen molar-refractivity contribution in [2.24, 2.45) is 17.8 Å². The van der Waals surface area contributed by atoms with Gasteiger partial charge in [0.25, 0.3) is 17.7 Å². The molecule has 1 heterocycles. The highest BCUT2D eigenvalue weighted by Gasteiger charge is 2.51. The Bertz CT molecular complexity index is 1790. The molecule has 248 valence electrons. The molecule has 0 unspecified atom stereocenters. The van der Waals surface area contributed by atoms with Crippen molar-refractivity contribution in [1.29, 1.82) is 0 Å². The van der Waals surface area contributed by atoms with Crippen molar-refractivity contribution in [1.82, 2.24) is 5.32 Å². The second kappa shape index (κ2) is 12.8. The van der Waals surface area contributed by atoms with Crippen molar-refractivity contribution < 1.29 is 33.0 Å². The molecule has 0 atom stereocenters. The van der Waals surface area contributed by atoms with Crippen LogP contribution in [0.5, 0.6) is 11.5 Å². The van der Waals surface area contributed by atoms with Gasteiger partial charge in [0.1, 0.15) is 11.4 Å². The molecular formula is C37H35BrFN3O6. The number of hydrogen-bond acceptors (Lipinski definition) is 6. The number of anilines is 2. The van der Waals surface area contributed by atoms with E-state index in [-0.39, 0.29) is 35.7 Å². The summed E-state index contributed by atoms with van der Waals surface area (Å²) in [5.41, 5.74) is 2.46. The molecule has 4 bridgehead atoms. The first-order valence-electron chi connectivity index (χ1n) is 16.3. The number of rotatable bonds is 9. The lowest BCUT2D eigenvalue weighted by Crippen LogP contribution is -2.54. The highest BCUT2D eigenvalue weighted by molar-refractivity contribution is 9.10. The SMILES string of the molecule is CCOc1cc(/C=C2\C(=O)NC(=O)N(c3ccc(C45CC6CC(CC(C6)C4)C5)cc3)C2=O)cc(Br)c1OCC(=O)Nc1ccc(F)cc1. The second-order valence-corrected chi connectivity index (χ2v) is 14.2. The molecule has 4 aliphatic carbocycles. The first-order chi connectivity index (χ1) is 23.1. The van der Waals surface area contributed by atoms with Crippen LogP contribution in [0.25, 0.3) is 6.08 Å². The summed E-state index contributed by atoms with van der Waals surface area (Å²) in [4.78, 5) is 53.1.